The maximum absolute atomic E-state index is 13.2. The van der Waals surface area contributed by atoms with Gasteiger partial charge in [-0.2, -0.15) is 0 Å². The summed E-state index contributed by atoms with van der Waals surface area (Å²) in [5.74, 6) is -0.392. The lowest BCUT2D eigenvalue weighted by molar-refractivity contribution is -0.140. The molecule has 9 heteroatoms. The van der Waals surface area contributed by atoms with Gasteiger partial charge in [0.05, 0.1) is 11.9 Å². The molecule has 1 atom stereocenters. The molecule has 2 rings (SSSR count). The number of nitrogens with one attached hydrogen (secondary N) is 1. The van der Waals surface area contributed by atoms with E-state index in [1.807, 2.05) is 37.3 Å². The summed E-state index contributed by atoms with van der Waals surface area (Å²) in [4.78, 5) is 27.2. The van der Waals surface area contributed by atoms with Gasteiger partial charge in [-0.25, -0.2) is 8.42 Å². The van der Waals surface area contributed by atoms with E-state index in [2.05, 4.69) is 5.32 Å². The standard InChI is InChI=1S/C24H32ClN3O4S/c1-4-22(24(30)26-2)27(17-15-19-10-6-5-7-11-19)23(29)14-9-16-28(33(3,31)32)21-13-8-12-20(25)18-21/h5-8,10-13,18,22H,4,9,14-17H2,1-3H3,(H,26,30). The van der Waals surface area contributed by atoms with Crippen LogP contribution in [0, 0.1) is 0 Å². The molecule has 1 N–H and O–H groups in total. The SMILES string of the molecule is CCC(C(=O)NC)N(CCc1ccccc1)C(=O)CCCN(c1cccc(Cl)c1)S(C)(=O)=O. The molecule has 0 aliphatic heterocycles. The topological polar surface area (TPSA) is 86.8 Å². The van der Waals surface area contributed by atoms with Crippen molar-refractivity contribution in [3.05, 3.63) is 65.2 Å². The largest absolute Gasteiger partial charge is 0.357 e. The Labute approximate surface area is 201 Å². The number of carbonyl (C=O) groups excluding carboxylic acids is 2. The van der Waals surface area contributed by atoms with Crippen molar-refractivity contribution in [2.45, 2.75) is 38.6 Å². The fourth-order valence-corrected chi connectivity index (χ4v) is 4.84. The molecular weight excluding hydrogens is 462 g/mol. The van der Waals surface area contributed by atoms with Crippen molar-refractivity contribution >= 4 is 39.1 Å². The van der Waals surface area contributed by atoms with Crippen LogP contribution in [0.15, 0.2) is 54.6 Å². The lowest BCUT2D eigenvalue weighted by Gasteiger charge is -2.30. The van der Waals surface area contributed by atoms with E-state index in [-0.39, 0.29) is 24.8 Å². The number of likely N-dealkylation sites (N-methyl/N-ethyl adjacent to an activating group) is 1. The van der Waals surface area contributed by atoms with Gasteiger partial charge < -0.3 is 10.2 Å². The van der Waals surface area contributed by atoms with Gasteiger partial charge in [0, 0.05) is 31.6 Å². The van der Waals surface area contributed by atoms with E-state index in [0.717, 1.165) is 11.8 Å². The lowest BCUT2D eigenvalue weighted by atomic mass is 10.1. The molecule has 7 nitrogen and oxygen atoms in total. The Bertz CT molecular complexity index is 1030. The molecule has 0 fully saturated rings. The second-order valence-electron chi connectivity index (χ2n) is 7.78. The van der Waals surface area contributed by atoms with E-state index in [4.69, 9.17) is 11.6 Å². The Morgan fingerprint density at radius 3 is 2.33 bits per heavy atom. The Balaban J connectivity index is 2.12. The minimum absolute atomic E-state index is 0.120. The third kappa shape index (κ3) is 8.05. The number of nitrogens with zero attached hydrogens (tertiary/aromatic N) is 2. The molecule has 2 amide bonds. The summed E-state index contributed by atoms with van der Waals surface area (Å²) in [5, 5.41) is 3.07. The average molecular weight is 494 g/mol. The van der Waals surface area contributed by atoms with Gasteiger partial charge in [0.15, 0.2) is 0 Å². The van der Waals surface area contributed by atoms with Crippen molar-refractivity contribution in [3.63, 3.8) is 0 Å². The highest BCUT2D eigenvalue weighted by Crippen LogP contribution is 2.22. The highest BCUT2D eigenvalue weighted by Gasteiger charge is 2.27. The Hall–Kier alpha value is -2.58. The third-order valence-electron chi connectivity index (χ3n) is 5.36. The van der Waals surface area contributed by atoms with Crippen molar-refractivity contribution in [2.75, 3.05) is 30.7 Å². The van der Waals surface area contributed by atoms with Crippen LogP contribution in [0.1, 0.15) is 31.7 Å². The molecule has 0 aliphatic rings. The van der Waals surface area contributed by atoms with Crippen LogP contribution in [-0.4, -0.2) is 57.6 Å². The van der Waals surface area contributed by atoms with E-state index in [0.29, 0.717) is 36.5 Å². The van der Waals surface area contributed by atoms with E-state index in [1.54, 1.807) is 36.2 Å². The molecule has 2 aromatic carbocycles. The highest BCUT2D eigenvalue weighted by molar-refractivity contribution is 7.92. The third-order valence-corrected chi connectivity index (χ3v) is 6.79. The zero-order valence-corrected chi connectivity index (χ0v) is 20.9. The molecule has 0 bridgehead atoms. The summed E-state index contributed by atoms with van der Waals surface area (Å²) >= 11 is 6.02. The first-order valence-electron chi connectivity index (χ1n) is 11.0. The predicted molar refractivity (Wildman–Crippen MR) is 133 cm³/mol. The summed E-state index contributed by atoms with van der Waals surface area (Å²) in [7, 11) is -2.00. The van der Waals surface area contributed by atoms with E-state index in [9.17, 15) is 18.0 Å². The summed E-state index contributed by atoms with van der Waals surface area (Å²) in [6.45, 7) is 2.40. The summed E-state index contributed by atoms with van der Waals surface area (Å²) < 4.78 is 25.9. The zero-order chi connectivity index (χ0) is 24.4. The van der Waals surface area contributed by atoms with Gasteiger partial charge in [0.2, 0.25) is 21.8 Å². The molecule has 0 heterocycles. The molecule has 0 radical (unpaired) electrons. The van der Waals surface area contributed by atoms with E-state index < -0.39 is 16.1 Å². The number of rotatable bonds is 12. The summed E-state index contributed by atoms with van der Waals surface area (Å²) in [6.07, 6.45) is 2.66. The normalized spacial score (nSPS) is 12.1. The second kappa shape index (κ2) is 12.6. The van der Waals surface area contributed by atoms with Crippen molar-refractivity contribution < 1.29 is 18.0 Å². The Morgan fingerprint density at radius 1 is 1.06 bits per heavy atom. The van der Waals surface area contributed by atoms with Gasteiger partial charge in [0.25, 0.3) is 0 Å². The number of benzene rings is 2. The molecule has 0 saturated carbocycles. The molecule has 1 unspecified atom stereocenters. The van der Waals surface area contributed by atoms with Crippen LogP contribution in [0.3, 0.4) is 0 Å². The number of halogens is 1. The van der Waals surface area contributed by atoms with Gasteiger partial charge in [0.1, 0.15) is 6.04 Å². The predicted octanol–water partition coefficient (Wildman–Crippen LogP) is 3.48. The molecule has 2 aromatic rings. The Kier molecular flexibility index (Phi) is 10.2. The second-order valence-corrected chi connectivity index (χ2v) is 10.1. The maximum atomic E-state index is 13.2. The van der Waals surface area contributed by atoms with Crippen LogP contribution in [0.25, 0.3) is 0 Å². The molecule has 0 saturated heterocycles. The van der Waals surface area contributed by atoms with Crippen molar-refractivity contribution in [1.82, 2.24) is 10.2 Å². The fourth-order valence-electron chi connectivity index (χ4n) is 3.70. The smallest absolute Gasteiger partial charge is 0.242 e. The molecule has 0 aromatic heterocycles. The number of carbonyl (C=O) groups is 2. The fraction of sp³-hybridized carbons (Fsp3) is 0.417. The molecule has 180 valence electrons. The minimum Gasteiger partial charge on any atom is -0.357 e. The number of sulfonamides is 1. The summed E-state index contributed by atoms with van der Waals surface area (Å²) in [5.41, 5.74) is 1.53. The van der Waals surface area contributed by atoms with E-state index >= 15 is 0 Å². The van der Waals surface area contributed by atoms with Crippen molar-refractivity contribution in [1.29, 1.82) is 0 Å². The van der Waals surface area contributed by atoms with Gasteiger partial charge in [-0.15, -0.1) is 0 Å². The van der Waals surface area contributed by atoms with Gasteiger partial charge in [-0.05, 0) is 43.0 Å². The minimum atomic E-state index is -3.55. The van der Waals surface area contributed by atoms with Crippen LogP contribution in [0.2, 0.25) is 5.02 Å². The Morgan fingerprint density at radius 2 is 1.76 bits per heavy atom. The van der Waals surface area contributed by atoms with Crippen LogP contribution in [0.5, 0.6) is 0 Å². The quantitative estimate of drug-likeness (QED) is 0.490. The maximum Gasteiger partial charge on any atom is 0.242 e. The van der Waals surface area contributed by atoms with Gasteiger partial charge >= 0.3 is 0 Å². The summed E-state index contributed by atoms with van der Waals surface area (Å²) in [6, 6.07) is 15.8. The molecule has 33 heavy (non-hydrogen) atoms. The van der Waals surface area contributed by atoms with Crippen LogP contribution < -0.4 is 9.62 Å². The monoisotopic (exact) mass is 493 g/mol. The van der Waals surface area contributed by atoms with Gasteiger partial charge in [-0.1, -0.05) is 54.9 Å². The van der Waals surface area contributed by atoms with E-state index in [1.165, 1.54) is 4.31 Å². The van der Waals surface area contributed by atoms with Gasteiger partial charge in [-0.3, -0.25) is 13.9 Å². The van der Waals surface area contributed by atoms with Crippen LogP contribution >= 0.6 is 11.6 Å². The first kappa shape index (κ1) is 26.7. The highest BCUT2D eigenvalue weighted by atomic mass is 35.5. The molecular formula is C24H32ClN3O4S. The van der Waals surface area contributed by atoms with Crippen molar-refractivity contribution in [2.24, 2.45) is 0 Å². The average Bonchev–Trinajstić information content (AvgIpc) is 2.78. The number of anilines is 1. The van der Waals surface area contributed by atoms with Crippen LogP contribution in [-0.2, 0) is 26.0 Å². The number of amides is 2. The zero-order valence-electron chi connectivity index (χ0n) is 19.3. The lowest BCUT2D eigenvalue weighted by Crippen LogP contribution is -2.49. The van der Waals surface area contributed by atoms with Crippen molar-refractivity contribution in [3.8, 4) is 0 Å². The first-order chi connectivity index (χ1) is 15.7. The first-order valence-corrected chi connectivity index (χ1v) is 13.2. The molecule has 0 aliphatic carbocycles. The number of hydrogen-bond donors (Lipinski definition) is 1. The molecule has 0 spiro atoms. The number of hydrogen-bond acceptors (Lipinski definition) is 4. The van der Waals surface area contributed by atoms with Crippen LogP contribution in [0.4, 0.5) is 5.69 Å².